The number of aliphatic carboxylic acids is 1. The van der Waals surface area contributed by atoms with Crippen LogP contribution in [0.3, 0.4) is 0 Å². The number of hydrogen-bond acceptors (Lipinski definition) is 5. The molecule has 0 heterocycles. The van der Waals surface area contributed by atoms with E-state index in [9.17, 15) is 14.9 Å². The van der Waals surface area contributed by atoms with Crippen LogP contribution in [0, 0.1) is 10.1 Å². The van der Waals surface area contributed by atoms with Gasteiger partial charge in [-0.15, -0.1) is 0 Å². The SMILES string of the molecule is CNC(COc1c(Cl)cccc1[N+](=O)[O-])C(=O)O. The number of rotatable bonds is 6. The first kappa shape index (κ1) is 14.2. The van der Waals surface area contributed by atoms with Crippen molar-refractivity contribution in [3.8, 4) is 5.75 Å². The van der Waals surface area contributed by atoms with Crippen molar-refractivity contribution in [2.24, 2.45) is 0 Å². The van der Waals surface area contributed by atoms with Gasteiger partial charge in [-0.05, 0) is 13.1 Å². The van der Waals surface area contributed by atoms with E-state index in [1.54, 1.807) is 0 Å². The number of ether oxygens (including phenoxy) is 1. The van der Waals surface area contributed by atoms with Gasteiger partial charge in [0.15, 0.2) is 0 Å². The van der Waals surface area contributed by atoms with Gasteiger partial charge in [-0.2, -0.15) is 0 Å². The molecule has 0 bridgehead atoms. The highest BCUT2D eigenvalue weighted by Crippen LogP contribution is 2.34. The van der Waals surface area contributed by atoms with E-state index < -0.39 is 16.9 Å². The lowest BCUT2D eigenvalue weighted by Crippen LogP contribution is -2.39. The highest BCUT2D eigenvalue weighted by Gasteiger charge is 2.21. The molecule has 0 aliphatic carbocycles. The van der Waals surface area contributed by atoms with Crippen molar-refractivity contribution < 1.29 is 19.6 Å². The first-order chi connectivity index (χ1) is 8.47. The molecule has 0 saturated carbocycles. The second-order valence-corrected chi connectivity index (χ2v) is 3.74. The summed E-state index contributed by atoms with van der Waals surface area (Å²) >= 11 is 5.78. The molecule has 0 aliphatic rings. The molecule has 2 N–H and O–H groups in total. The Labute approximate surface area is 107 Å². The number of hydrogen-bond donors (Lipinski definition) is 2. The summed E-state index contributed by atoms with van der Waals surface area (Å²) in [6.45, 7) is -0.267. The van der Waals surface area contributed by atoms with E-state index in [-0.39, 0.29) is 23.1 Å². The van der Waals surface area contributed by atoms with Gasteiger partial charge in [0, 0.05) is 6.07 Å². The normalized spacial score (nSPS) is 11.9. The maximum absolute atomic E-state index is 10.8. The lowest BCUT2D eigenvalue weighted by molar-refractivity contribution is -0.385. The lowest BCUT2D eigenvalue weighted by atomic mass is 10.3. The maximum atomic E-state index is 10.8. The highest BCUT2D eigenvalue weighted by atomic mass is 35.5. The molecular weight excluding hydrogens is 264 g/mol. The molecule has 0 aromatic heterocycles. The standard InChI is InChI=1S/C10H11ClN2O5/c1-12-7(10(14)15)5-18-9-6(11)3-2-4-8(9)13(16)17/h2-4,7,12H,5H2,1H3,(H,14,15). The first-order valence-corrected chi connectivity index (χ1v) is 5.31. The van der Waals surface area contributed by atoms with Crippen molar-refractivity contribution in [3.63, 3.8) is 0 Å². The van der Waals surface area contributed by atoms with E-state index in [0.717, 1.165) is 0 Å². The van der Waals surface area contributed by atoms with E-state index in [1.165, 1.54) is 25.2 Å². The van der Waals surface area contributed by atoms with Gasteiger partial charge in [0.1, 0.15) is 12.6 Å². The molecule has 0 radical (unpaired) electrons. The summed E-state index contributed by atoms with van der Waals surface area (Å²) < 4.78 is 5.13. The summed E-state index contributed by atoms with van der Waals surface area (Å²) in [5, 5.41) is 22.1. The van der Waals surface area contributed by atoms with Crippen LogP contribution in [-0.4, -0.2) is 35.7 Å². The summed E-state index contributed by atoms with van der Waals surface area (Å²) in [7, 11) is 1.45. The number of halogens is 1. The quantitative estimate of drug-likeness (QED) is 0.599. The monoisotopic (exact) mass is 274 g/mol. The molecule has 1 aromatic rings. The first-order valence-electron chi connectivity index (χ1n) is 4.93. The number of carbonyl (C=O) groups is 1. The number of carboxylic acids is 1. The minimum atomic E-state index is -1.12. The van der Waals surface area contributed by atoms with Crippen molar-refractivity contribution in [1.82, 2.24) is 5.32 Å². The van der Waals surface area contributed by atoms with Gasteiger partial charge in [0.25, 0.3) is 0 Å². The minimum absolute atomic E-state index is 0.0597. The van der Waals surface area contributed by atoms with E-state index in [1.807, 2.05) is 0 Å². The molecule has 8 heteroatoms. The van der Waals surface area contributed by atoms with Gasteiger partial charge in [0.05, 0.1) is 9.95 Å². The Morgan fingerprint density at radius 2 is 2.33 bits per heavy atom. The number of nitro benzene ring substituents is 1. The van der Waals surface area contributed by atoms with Gasteiger partial charge in [-0.1, -0.05) is 17.7 Å². The van der Waals surface area contributed by atoms with Gasteiger partial charge < -0.3 is 15.2 Å². The topological polar surface area (TPSA) is 102 Å². The van der Waals surface area contributed by atoms with Crippen LogP contribution in [0.1, 0.15) is 0 Å². The number of para-hydroxylation sites is 1. The predicted molar refractivity (Wildman–Crippen MR) is 64.1 cm³/mol. The van der Waals surface area contributed by atoms with E-state index in [0.29, 0.717) is 0 Å². The number of likely N-dealkylation sites (N-methyl/N-ethyl adjacent to an activating group) is 1. The molecule has 7 nitrogen and oxygen atoms in total. The summed E-state index contributed by atoms with van der Waals surface area (Å²) in [5.41, 5.74) is -0.303. The van der Waals surface area contributed by atoms with Crippen LogP contribution in [-0.2, 0) is 4.79 Å². The second kappa shape index (κ2) is 6.18. The van der Waals surface area contributed by atoms with Crippen molar-refractivity contribution in [2.75, 3.05) is 13.7 Å². The fourth-order valence-corrected chi connectivity index (χ4v) is 1.45. The lowest BCUT2D eigenvalue weighted by Gasteiger charge is -2.13. The fourth-order valence-electron chi connectivity index (χ4n) is 1.23. The molecule has 0 aliphatic heterocycles. The van der Waals surface area contributed by atoms with Crippen molar-refractivity contribution in [1.29, 1.82) is 0 Å². The fraction of sp³-hybridized carbons (Fsp3) is 0.300. The number of nitro groups is 1. The number of nitrogens with zero attached hydrogens (tertiary/aromatic N) is 1. The molecule has 1 unspecified atom stereocenters. The summed E-state index contributed by atoms with van der Waals surface area (Å²) in [5.74, 6) is -1.25. The number of benzene rings is 1. The smallest absolute Gasteiger partial charge is 0.324 e. The predicted octanol–water partition coefficient (Wildman–Crippen LogP) is 1.30. The van der Waals surface area contributed by atoms with Crippen molar-refractivity contribution in [2.45, 2.75) is 6.04 Å². The van der Waals surface area contributed by atoms with Crippen LogP contribution in [0.15, 0.2) is 18.2 Å². The van der Waals surface area contributed by atoms with E-state index >= 15 is 0 Å². The molecule has 98 valence electrons. The Hall–Kier alpha value is -1.86. The summed E-state index contributed by atoms with van der Waals surface area (Å²) in [4.78, 5) is 20.9. The van der Waals surface area contributed by atoms with Crippen LogP contribution < -0.4 is 10.1 Å². The molecule has 1 aromatic carbocycles. The van der Waals surface area contributed by atoms with Gasteiger partial charge in [-0.3, -0.25) is 14.9 Å². The van der Waals surface area contributed by atoms with E-state index in [2.05, 4.69) is 5.32 Å². The zero-order valence-corrected chi connectivity index (χ0v) is 10.2. The van der Waals surface area contributed by atoms with Gasteiger partial charge in [-0.25, -0.2) is 0 Å². The Bertz CT molecular complexity index is 466. The third kappa shape index (κ3) is 3.31. The van der Waals surface area contributed by atoms with Gasteiger partial charge >= 0.3 is 11.7 Å². The Morgan fingerprint density at radius 3 is 2.83 bits per heavy atom. The van der Waals surface area contributed by atoms with Gasteiger partial charge in [0.2, 0.25) is 5.75 Å². The molecule has 0 saturated heterocycles. The Morgan fingerprint density at radius 1 is 1.67 bits per heavy atom. The van der Waals surface area contributed by atoms with Crippen molar-refractivity contribution in [3.05, 3.63) is 33.3 Å². The van der Waals surface area contributed by atoms with Crippen LogP contribution in [0.25, 0.3) is 0 Å². The minimum Gasteiger partial charge on any atom is -0.483 e. The Kier molecular flexibility index (Phi) is 4.87. The zero-order valence-electron chi connectivity index (χ0n) is 9.42. The third-order valence-corrected chi connectivity index (χ3v) is 2.48. The molecule has 0 amide bonds. The maximum Gasteiger partial charge on any atom is 0.324 e. The molecule has 18 heavy (non-hydrogen) atoms. The molecular formula is C10H11ClN2O5. The molecule has 1 atom stereocenters. The Balaban J connectivity index is 2.90. The third-order valence-electron chi connectivity index (χ3n) is 2.18. The van der Waals surface area contributed by atoms with Crippen LogP contribution in [0.2, 0.25) is 5.02 Å². The molecule has 0 spiro atoms. The molecule has 1 rings (SSSR count). The van der Waals surface area contributed by atoms with E-state index in [4.69, 9.17) is 21.4 Å². The summed E-state index contributed by atoms with van der Waals surface area (Å²) in [6, 6.07) is 3.11. The molecule has 0 fully saturated rings. The average molecular weight is 275 g/mol. The van der Waals surface area contributed by atoms with Crippen LogP contribution in [0.5, 0.6) is 5.75 Å². The number of nitrogens with one attached hydrogen (secondary N) is 1. The average Bonchev–Trinajstić information content (AvgIpc) is 2.30. The van der Waals surface area contributed by atoms with Crippen LogP contribution in [0.4, 0.5) is 5.69 Å². The van der Waals surface area contributed by atoms with Crippen LogP contribution >= 0.6 is 11.6 Å². The highest BCUT2D eigenvalue weighted by molar-refractivity contribution is 6.32. The zero-order chi connectivity index (χ0) is 13.7. The summed E-state index contributed by atoms with van der Waals surface area (Å²) in [6.07, 6.45) is 0. The number of carboxylic acid groups (broad SMARTS) is 1. The van der Waals surface area contributed by atoms with Crippen molar-refractivity contribution >= 4 is 23.3 Å². The second-order valence-electron chi connectivity index (χ2n) is 3.34. The largest absolute Gasteiger partial charge is 0.483 e.